The molecule has 3 rings (SSSR count). The molecule has 0 fully saturated rings. The van der Waals surface area contributed by atoms with Crippen molar-refractivity contribution < 1.29 is 9.59 Å². The van der Waals surface area contributed by atoms with E-state index in [2.05, 4.69) is 10.4 Å². The first-order valence-electron chi connectivity index (χ1n) is 9.08. The van der Waals surface area contributed by atoms with Crippen LogP contribution >= 0.6 is 11.3 Å². The first-order valence-corrected chi connectivity index (χ1v) is 9.96. The molecule has 2 amide bonds. The predicted octanol–water partition coefficient (Wildman–Crippen LogP) is 3.98. The molecule has 1 aliphatic rings. The monoisotopic (exact) mass is 383 g/mol. The molecule has 1 N–H and O–H groups in total. The third kappa shape index (κ3) is 5.04. The smallest absolute Gasteiger partial charge is 0.262 e. The molecule has 6 heteroatoms. The van der Waals surface area contributed by atoms with Crippen molar-refractivity contribution in [2.24, 2.45) is 10.5 Å². The second kappa shape index (κ2) is 8.05. The summed E-state index contributed by atoms with van der Waals surface area (Å²) in [6.07, 6.45) is 1.05. The molecular formula is C21H25N3O2S. The van der Waals surface area contributed by atoms with Crippen molar-refractivity contribution in [3.8, 4) is 0 Å². The van der Waals surface area contributed by atoms with E-state index in [1.165, 1.54) is 5.01 Å². The molecule has 0 spiro atoms. The van der Waals surface area contributed by atoms with Gasteiger partial charge >= 0.3 is 0 Å². The molecule has 2 heterocycles. The summed E-state index contributed by atoms with van der Waals surface area (Å²) in [5, 5.41) is 10.9. The van der Waals surface area contributed by atoms with E-state index >= 15 is 0 Å². The fourth-order valence-corrected chi connectivity index (χ4v) is 3.79. The van der Waals surface area contributed by atoms with Crippen LogP contribution in [0.5, 0.6) is 0 Å². The second-order valence-electron chi connectivity index (χ2n) is 7.91. The van der Waals surface area contributed by atoms with Gasteiger partial charge in [-0.15, -0.1) is 11.3 Å². The van der Waals surface area contributed by atoms with Gasteiger partial charge in [-0.2, -0.15) is 5.10 Å². The van der Waals surface area contributed by atoms with Gasteiger partial charge in [0.1, 0.15) is 0 Å². The summed E-state index contributed by atoms with van der Waals surface area (Å²) >= 11 is 1.62. The van der Waals surface area contributed by atoms with Crippen molar-refractivity contribution in [1.29, 1.82) is 0 Å². The largest absolute Gasteiger partial charge is 0.347 e. The van der Waals surface area contributed by atoms with Crippen LogP contribution in [0.2, 0.25) is 0 Å². The Labute approximate surface area is 164 Å². The summed E-state index contributed by atoms with van der Waals surface area (Å²) < 4.78 is 0. The number of thiophene rings is 1. The van der Waals surface area contributed by atoms with Gasteiger partial charge in [-0.05, 0) is 22.4 Å². The van der Waals surface area contributed by atoms with Gasteiger partial charge in [0.25, 0.3) is 5.91 Å². The van der Waals surface area contributed by atoms with E-state index in [0.29, 0.717) is 12.8 Å². The standard InChI is InChI=1S/C21H25N3O2S/c1-21(2,3)13-19(25)22-14-20(26)24-17(15-8-5-4-6-9-15)12-16(23-24)18-10-7-11-27-18/h4-11,17H,12-14H2,1-3H3,(H,22,25). The zero-order valence-electron chi connectivity index (χ0n) is 15.9. The molecular weight excluding hydrogens is 358 g/mol. The minimum Gasteiger partial charge on any atom is -0.347 e. The molecule has 2 aromatic rings. The van der Waals surface area contributed by atoms with E-state index in [4.69, 9.17) is 0 Å². The van der Waals surface area contributed by atoms with E-state index in [-0.39, 0.29) is 29.8 Å². The summed E-state index contributed by atoms with van der Waals surface area (Å²) in [7, 11) is 0. The fraction of sp³-hybridized carbons (Fsp3) is 0.381. The predicted molar refractivity (Wildman–Crippen MR) is 109 cm³/mol. The number of rotatable bonds is 5. The second-order valence-corrected chi connectivity index (χ2v) is 8.85. The van der Waals surface area contributed by atoms with Crippen molar-refractivity contribution >= 4 is 28.9 Å². The molecule has 1 aliphatic heterocycles. The van der Waals surface area contributed by atoms with E-state index < -0.39 is 0 Å². The Morgan fingerprint density at radius 3 is 2.56 bits per heavy atom. The first-order chi connectivity index (χ1) is 12.8. The average molecular weight is 384 g/mol. The topological polar surface area (TPSA) is 61.8 Å². The molecule has 0 bridgehead atoms. The minimum atomic E-state index is -0.197. The van der Waals surface area contributed by atoms with Crippen molar-refractivity contribution in [1.82, 2.24) is 10.3 Å². The number of hydrogen-bond acceptors (Lipinski definition) is 4. The van der Waals surface area contributed by atoms with E-state index in [0.717, 1.165) is 16.2 Å². The minimum absolute atomic E-state index is 0.0422. The van der Waals surface area contributed by atoms with Crippen LogP contribution in [0, 0.1) is 5.41 Å². The number of benzene rings is 1. The maximum atomic E-state index is 12.8. The van der Waals surface area contributed by atoms with Crippen LogP contribution in [0.4, 0.5) is 0 Å². The zero-order chi connectivity index (χ0) is 19.4. The highest BCUT2D eigenvalue weighted by Crippen LogP contribution is 2.33. The van der Waals surface area contributed by atoms with E-state index in [9.17, 15) is 9.59 Å². The van der Waals surface area contributed by atoms with Gasteiger partial charge in [0.2, 0.25) is 5.91 Å². The molecule has 0 aliphatic carbocycles. The Morgan fingerprint density at radius 1 is 1.19 bits per heavy atom. The normalized spacial score (nSPS) is 16.9. The highest BCUT2D eigenvalue weighted by Gasteiger charge is 2.33. The lowest BCUT2D eigenvalue weighted by atomic mass is 9.92. The van der Waals surface area contributed by atoms with Crippen LogP contribution in [-0.2, 0) is 9.59 Å². The zero-order valence-corrected chi connectivity index (χ0v) is 16.8. The molecule has 0 radical (unpaired) electrons. The number of hydrogen-bond donors (Lipinski definition) is 1. The van der Waals surface area contributed by atoms with Crippen LogP contribution in [0.1, 0.15) is 50.1 Å². The van der Waals surface area contributed by atoms with Crippen molar-refractivity contribution in [3.05, 3.63) is 58.3 Å². The lowest BCUT2D eigenvalue weighted by Crippen LogP contribution is -2.38. The molecule has 1 atom stereocenters. The van der Waals surface area contributed by atoms with Crippen molar-refractivity contribution in [2.45, 2.75) is 39.7 Å². The Kier molecular flexibility index (Phi) is 5.75. The van der Waals surface area contributed by atoms with Crippen LogP contribution in [0.15, 0.2) is 52.9 Å². The maximum absolute atomic E-state index is 12.8. The number of carbonyl (C=O) groups excluding carboxylic acids is 2. The summed E-state index contributed by atoms with van der Waals surface area (Å²) in [6, 6.07) is 13.8. The number of amides is 2. The number of carbonyl (C=O) groups is 2. The summed E-state index contributed by atoms with van der Waals surface area (Å²) in [6.45, 7) is 5.95. The van der Waals surface area contributed by atoms with Crippen molar-refractivity contribution in [3.63, 3.8) is 0 Å². The molecule has 0 saturated heterocycles. The third-order valence-corrected chi connectivity index (χ3v) is 5.20. The van der Waals surface area contributed by atoms with Crippen LogP contribution in [0.3, 0.4) is 0 Å². The lowest BCUT2D eigenvalue weighted by Gasteiger charge is -2.23. The Balaban J connectivity index is 1.74. The van der Waals surface area contributed by atoms with E-state index in [1.807, 2.05) is 68.6 Å². The highest BCUT2D eigenvalue weighted by molar-refractivity contribution is 7.12. The van der Waals surface area contributed by atoms with Crippen molar-refractivity contribution in [2.75, 3.05) is 6.54 Å². The fourth-order valence-electron chi connectivity index (χ4n) is 3.07. The first kappa shape index (κ1) is 19.3. The molecule has 27 heavy (non-hydrogen) atoms. The van der Waals surface area contributed by atoms with Crippen LogP contribution in [0.25, 0.3) is 0 Å². The lowest BCUT2D eigenvalue weighted by molar-refractivity contribution is -0.134. The summed E-state index contributed by atoms with van der Waals surface area (Å²) in [5.74, 6) is -0.313. The Bertz CT molecular complexity index is 823. The third-order valence-electron chi connectivity index (χ3n) is 4.28. The van der Waals surface area contributed by atoms with Gasteiger partial charge in [0, 0.05) is 12.8 Å². The molecule has 1 aromatic carbocycles. The molecule has 1 aromatic heterocycles. The van der Waals surface area contributed by atoms with E-state index in [1.54, 1.807) is 11.3 Å². The molecule has 0 saturated carbocycles. The number of nitrogens with zero attached hydrogens (tertiary/aromatic N) is 2. The van der Waals surface area contributed by atoms with Gasteiger partial charge in [-0.3, -0.25) is 9.59 Å². The van der Waals surface area contributed by atoms with Gasteiger partial charge in [0.15, 0.2) is 0 Å². The molecule has 142 valence electrons. The molecule has 5 nitrogen and oxygen atoms in total. The highest BCUT2D eigenvalue weighted by atomic mass is 32.1. The average Bonchev–Trinajstić information content (AvgIpc) is 3.28. The van der Waals surface area contributed by atoms with Crippen LogP contribution < -0.4 is 5.32 Å². The summed E-state index contributed by atoms with van der Waals surface area (Å²) in [5.41, 5.74) is 1.84. The SMILES string of the molecule is CC(C)(C)CC(=O)NCC(=O)N1N=C(c2cccs2)CC1c1ccccc1. The quantitative estimate of drug-likeness (QED) is 0.849. The van der Waals surface area contributed by atoms with Gasteiger partial charge in [-0.25, -0.2) is 5.01 Å². The van der Waals surface area contributed by atoms with Gasteiger partial charge in [0.05, 0.1) is 23.2 Å². The van der Waals surface area contributed by atoms with Gasteiger partial charge in [-0.1, -0.05) is 57.2 Å². The Morgan fingerprint density at radius 2 is 1.93 bits per heavy atom. The number of nitrogens with one attached hydrogen (secondary N) is 1. The maximum Gasteiger partial charge on any atom is 0.262 e. The van der Waals surface area contributed by atoms with Gasteiger partial charge < -0.3 is 5.32 Å². The summed E-state index contributed by atoms with van der Waals surface area (Å²) in [4.78, 5) is 26.0. The molecule has 1 unspecified atom stereocenters. The number of hydrazone groups is 1. The Hall–Kier alpha value is -2.47. The van der Waals surface area contributed by atoms with Crippen LogP contribution in [-0.4, -0.2) is 29.1 Å².